The molecule has 3 heterocycles. The van der Waals surface area contributed by atoms with Crippen LogP contribution in [0.5, 0.6) is 0 Å². The second-order valence-corrected chi connectivity index (χ2v) is 8.01. The second-order valence-electron chi connectivity index (χ2n) is 6.14. The first-order valence-corrected chi connectivity index (χ1v) is 10.1. The molecule has 9 heteroatoms. The standard InChI is InChI=1S/C18H22BrN5OS.HI/c1-3-20-17(22-12-18(2,25)15-5-4-8-26-15)21-9-14-11-24-10-13(19)6-7-16(24)23-14;/h4-8,10-11,25H,3,9,12H2,1-2H3,(H2,20,21,22);1H. The largest absolute Gasteiger partial charge is 0.383 e. The van der Waals surface area contributed by atoms with Crippen molar-refractivity contribution < 1.29 is 5.11 Å². The molecule has 1 atom stereocenters. The number of nitrogens with one attached hydrogen (secondary N) is 2. The van der Waals surface area contributed by atoms with Crippen LogP contribution in [0.2, 0.25) is 0 Å². The minimum atomic E-state index is -0.945. The van der Waals surface area contributed by atoms with Crippen LogP contribution in [0.15, 0.2) is 51.5 Å². The Labute approximate surface area is 188 Å². The molecular weight excluding hydrogens is 541 g/mol. The number of fused-ring (bicyclic) bond motifs is 1. The van der Waals surface area contributed by atoms with E-state index in [4.69, 9.17) is 0 Å². The number of nitrogens with zero attached hydrogens (tertiary/aromatic N) is 3. The third-order valence-corrected chi connectivity index (χ3v) is 5.45. The molecule has 0 aliphatic rings. The van der Waals surface area contributed by atoms with Crippen molar-refractivity contribution in [1.29, 1.82) is 0 Å². The van der Waals surface area contributed by atoms with Crippen LogP contribution in [0.25, 0.3) is 5.65 Å². The fourth-order valence-corrected chi connectivity index (χ4v) is 3.66. The average Bonchev–Trinajstić information content (AvgIpc) is 3.26. The Balaban J connectivity index is 0.00000261. The lowest BCUT2D eigenvalue weighted by molar-refractivity contribution is 0.0655. The topological polar surface area (TPSA) is 74.0 Å². The van der Waals surface area contributed by atoms with E-state index in [1.807, 2.05) is 53.4 Å². The molecule has 0 radical (unpaired) electrons. The minimum absolute atomic E-state index is 0. The van der Waals surface area contributed by atoms with Crippen molar-refractivity contribution in [2.75, 3.05) is 13.1 Å². The summed E-state index contributed by atoms with van der Waals surface area (Å²) < 4.78 is 2.97. The van der Waals surface area contributed by atoms with Crippen LogP contribution in [0.3, 0.4) is 0 Å². The minimum Gasteiger partial charge on any atom is -0.383 e. The Hall–Kier alpha value is -1.17. The predicted molar refractivity (Wildman–Crippen MR) is 125 cm³/mol. The molecule has 0 fully saturated rings. The van der Waals surface area contributed by atoms with Gasteiger partial charge in [0.05, 0.1) is 18.8 Å². The fourth-order valence-electron chi connectivity index (χ4n) is 2.52. The maximum Gasteiger partial charge on any atom is 0.191 e. The molecule has 0 amide bonds. The van der Waals surface area contributed by atoms with Gasteiger partial charge >= 0.3 is 0 Å². The van der Waals surface area contributed by atoms with Crippen molar-refractivity contribution in [3.63, 3.8) is 0 Å². The maximum atomic E-state index is 10.6. The van der Waals surface area contributed by atoms with Gasteiger partial charge < -0.3 is 20.1 Å². The van der Waals surface area contributed by atoms with Gasteiger partial charge in [-0.15, -0.1) is 35.3 Å². The summed E-state index contributed by atoms with van der Waals surface area (Å²) in [5.74, 6) is 0.655. The Morgan fingerprint density at radius 3 is 2.85 bits per heavy atom. The van der Waals surface area contributed by atoms with Gasteiger partial charge in [-0.2, -0.15) is 0 Å². The van der Waals surface area contributed by atoms with Gasteiger partial charge in [-0.05, 0) is 53.4 Å². The first-order valence-electron chi connectivity index (χ1n) is 8.39. The zero-order valence-corrected chi connectivity index (χ0v) is 19.9. The van der Waals surface area contributed by atoms with Crippen molar-refractivity contribution in [3.05, 3.63) is 57.1 Å². The van der Waals surface area contributed by atoms with Crippen molar-refractivity contribution in [2.45, 2.75) is 26.0 Å². The van der Waals surface area contributed by atoms with E-state index in [0.29, 0.717) is 19.0 Å². The number of thiophene rings is 1. The highest BCUT2D eigenvalue weighted by Crippen LogP contribution is 2.24. The first-order chi connectivity index (χ1) is 12.5. The zero-order valence-electron chi connectivity index (χ0n) is 15.1. The molecule has 0 saturated heterocycles. The van der Waals surface area contributed by atoms with E-state index in [1.165, 1.54) is 0 Å². The Bertz CT molecular complexity index is 894. The van der Waals surface area contributed by atoms with Crippen LogP contribution in [0, 0.1) is 0 Å². The maximum absolute atomic E-state index is 10.6. The molecule has 0 saturated carbocycles. The van der Waals surface area contributed by atoms with Gasteiger partial charge in [-0.1, -0.05) is 6.07 Å². The van der Waals surface area contributed by atoms with Crippen LogP contribution in [-0.4, -0.2) is 33.5 Å². The highest BCUT2D eigenvalue weighted by Gasteiger charge is 2.24. The SMILES string of the molecule is CCNC(=NCc1cn2cc(Br)ccc2n1)NCC(C)(O)c1cccs1.I. The number of aliphatic hydroxyl groups is 1. The molecule has 6 nitrogen and oxygen atoms in total. The summed E-state index contributed by atoms with van der Waals surface area (Å²) >= 11 is 5.00. The summed E-state index contributed by atoms with van der Waals surface area (Å²) in [5.41, 5.74) is 0.821. The van der Waals surface area contributed by atoms with Gasteiger partial charge in [0.2, 0.25) is 0 Å². The van der Waals surface area contributed by atoms with E-state index in [-0.39, 0.29) is 24.0 Å². The number of halogens is 2. The van der Waals surface area contributed by atoms with Gasteiger partial charge in [-0.25, -0.2) is 9.98 Å². The number of guanidine groups is 1. The Morgan fingerprint density at radius 1 is 1.33 bits per heavy atom. The summed E-state index contributed by atoms with van der Waals surface area (Å²) in [6, 6.07) is 7.80. The smallest absolute Gasteiger partial charge is 0.191 e. The Morgan fingerprint density at radius 2 is 2.15 bits per heavy atom. The van der Waals surface area contributed by atoms with E-state index in [0.717, 1.165) is 27.2 Å². The molecule has 3 rings (SSSR count). The van der Waals surface area contributed by atoms with Gasteiger partial charge in [-0.3, -0.25) is 0 Å². The number of aromatic nitrogens is 2. The van der Waals surface area contributed by atoms with E-state index >= 15 is 0 Å². The number of aliphatic imine (C=N–C) groups is 1. The van der Waals surface area contributed by atoms with E-state index < -0.39 is 5.60 Å². The van der Waals surface area contributed by atoms with Gasteiger partial charge in [0.15, 0.2) is 5.96 Å². The third kappa shape index (κ3) is 5.90. The predicted octanol–water partition coefficient (Wildman–Crippen LogP) is 3.74. The molecule has 0 bridgehead atoms. The quantitative estimate of drug-likeness (QED) is 0.243. The number of rotatable bonds is 6. The van der Waals surface area contributed by atoms with E-state index in [9.17, 15) is 5.11 Å². The van der Waals surface area contributed by atoms with Gasteiger partial charge in [0.25, 0.3) is 0 Å². The number of imidazole rings is 1. The highest BCUT2D eigenvalue weighted by atomic mass is 127. The lowest BCUT2D eigenvalue weighted by atomic mass is 10.1. The van der Waals surface area contributed by atoms with Crippen LogP contribution in [-0.2, 0) is 12.1 Å². The summed E-state index contributed by atoms with van der Waals surface area (Å²) in [4.78, 5) is 10.1. The molecule has 3 aromatic rings. The van der Waals surface area contributed by atoms with Crippen molar-refractivity contribution in [1.82, 2.24) is 20.0 Å². The monoisotopic (exact) mass is 563 g/mol. The zero-order chi connectivity index (χ0) is 18.6. The third-order valence-electron chi connectivity index (χ3n) is 3.86. The van der Waals surface area contributed by atoms with E-state index in [2.05, 4.69) is 36.5 Å². The van der Waals surface area contributed by atoms with Crippen molar-refractivity contribution in [2.24, 2.45) is 4.99 Å². The lowest BCUT2D eigenvalue weighted by Gasteiger charge is -2.23. The molecule has 3 aromatic heterocycles. The van der Waals surface area contributed by atoms with Crippen LogP contribution < -0.4 is 10.6 Å². The lowest BCUT2D eigenvalue weighted by Crippen LogP contribution is -2.44. The molecule has 0 aliphatic heterocycles. The van der Waals surface area contributed by atoms with Crippen LogP contribution in [0.4, 0.5) is 0 Å². The summed E-state index contributed by atoms with van der Waals surface area (Å²) in [7, 11) is 0. The molecule has 1 unspecified atom stereocenters. The molecule has 27 heavy (non-hydrogen) atoms. The van der Waals surface area contributed by atoms with Crippen molar-refractivity contribution >= 4 is 62.9 Å². The summed E-state index contributed by atoms with van der Waals surface area (Å²) in [6.45, 7) is 5.38. The average molecular weight is 564 g/mol. The normalized spacial score (nSPS) is 13.9. The molecule has 146 valence electrons. The highest BCUT2D eigenvalue weighted by molar-refractivity contribution is 14.0. The van der Waals surface area contributed by atoms with Gasteiger partial charge in [0, 0.05) is 28.3 Å². The van der Waals surface area contributed by atoms with Crippen LogP contribution in [0.1, 0.15) is 24.4 Å². The number of pyridine rings is 1. The fraction of sp³-hybridized carbons (Fsp3) is 0.333. The number of hydrogen-bond donors (Lipinski definition) is 3. The van der Waals surface area contributed by atoms with Crippen LogP contribution >= 0.6 is 51.2 Å². The summed E-state index contributed by atoms with van der Waals surface area (Å²) in [6.07, 6.45) is 3.94. The second kappa shape index (κ2) is 9.85. The van der Waals surface area contributed by atoms with Gasteiger partial charge in [0.1, 0.15) is 11.2 Å². The molecule has 0 spiro atoms. The molecule has 0 aliphatic carbocycles. The molecular formula is C18H23BrIN5OS. The molecule has 0 aromatic carbocycles. The van der Waals surface area contributed by atoms with E-state index in [1.54, 1.807) is 18.3 Å². The first kappa shape index (κ1) is 22.1. The summed E-state index contributed by atoms with van der Waals surface area (Å²) in [5, 5.41) is 19.0. The number of hydrogen-bond acceptors (Lipinski definition) is 4. The van der Waals surface area contributed by atoms with Crippen molar-refractivity contribution in [3.8, 4) is 0 Å². The molecule has 3 N–H and O–H groups in total. The Kier molecular flexibility index (Phi) is 8.07.